The van der Waals surface area contributed by atoms with E-state index in [2.05, 4.69) is 12.6 Å². The lowest BCUT2D eigenvalue weighted by atomic mass is 10.4. The largest absolute Gasteiger partial charge is 0.451 e. The van der Waals surface area contributed by atoms with Crippen molar-refractivity contribution in [2.45, 2.75) is 19.4 Å². The van der Waals surface area contributed by atoms with Crippen molar-refractivity contribution in [1.29, 1.82) is 5.26 Å². The molecule has 0 saturated carbocycles. The van der Waals surface area contributed by atoms with Gasteiger partial charge in [-0.05, 0) is 11.2 Å². The summed E-state index contributed by atoms with van der Waals surface area (Å²) in [5, 5.41) is 10.4. The summed E-state index contributed by atoms with van der Waals surface area (Å²) in [4.78, 5) is 0. The second kappa shape index (κ2) is 5.10. The molecule has 74 valence electrons. The number of rotatable bonds is 4. The Bertz CT molecular complexity index is 323. The molecule has 0 aliphatic heterocycles. The topological polar surface area (TPSA) is 33.0 Å². The first-order valence-electron chi connectivity index (χ1n) is 4.81. The average molecular weight is 221 g/mol. The lowest BCUT2D eigenvalue weighted by Gasteiger charge is -2.21. The normalized spacial score (nSPS) is 14.6. The van der Waals surface area contributed by atoms with Gasteiger partial charge in [-0.25, -0.2) is 5.26 Å². The van der Waals surface area contributed by atoms with Crippen molar-refractivity contribution in [1.82, 2.24) is 0 Å². The summed E-state index contributed by atoms with van der Waals surface area (Å²) >= 11 is 0. The Morgan fingerprint density at radius 3 is 2.50 bits per heavy atom. The third kappa shape index (κ3) is 2.12. The first kappa shape index (κ1) is 11.2. The van der Waals surface area contributed by atoms with Crippen LogP contribution in [-0.2, 0) is 4.12 Å². The van der Waals surface area contributed by atoms with Gasteiger partial charge in [0, 0.05) is 0 Å². The van der Waals surface area contributed by atoms with Crippen molar-refractivity contribution in [2.75, 3.05) is 0 Å². The zero-order valence-corrected chi connectivity index (χ0v) is 11.7. The molecule has 1 atom stereocenters. The molecule has 2 nitrogen and oxygen atoms in total. The summed E-state index contributed by atoms with van der Waals surface area (Å²) in [6, 6.07) is 10.9. The summed E-state index contributed by atoms with van der Waals surface area (Å²) in [7, 11) is -1.61. The minimum absolute atomic E-state index is 0.644. The highest BCUT2D eigenvalue weighted by atomic mass is 28.4. The van der Waals surface area contributed by atoms with E-state index in [1.807, 2.05) is 30.3 Å². The molecule has 4 heteroatoms. The van der Waals surface area contributed by atoms with E-state index in [-0.39, 0.29) is 0 Å². The van der Waals surface area contributed by atoms with E-state index in [0.29, 0.717) is 10.5 Å². The highest BCUT2D eigenvalue weighted by Crippen LogP contribution is 2.12. The highest BCUT2D eigenvalue weighted by Gasteiger charge is 2.35. The van der Waals surface area contributed by atoms with Crippen molar-refractivity contribution in [2.24, 2.45) is 0 Å². The van der Waals surface area contributed by atoms with Crippen LogP contribution in [0.4, 0.5) is 0 Å². The fourth-order valence-electron chi connectivity index (χ4n) is 1.59. The van der Waals surface area contributed by atoms with Crippen LogP contribution in [0.5, 0.6) is 0 Å². The van der Waals surface area contributed by atoms with Gasteiger partial charge < -0.3 is 4.12 Å². The number of benzene rings is 1. The lowest BCUT2D eigenvalue weighted by molar-refractivity contribution is 0.620. The lowest BCUT2D eigenvalue weighted by Crippen LogP contribution is -2.49. The molecule has 0 bridgehead atoms. The van der Waals surface area contributed by atoms with Gasteiger partial charge >= 0.3 is 8.32 Å². The van der Waals surface area contributed by atoms with E-state index < -0.39 is 8.32 Å². The molecule has 0 spiro atoms. The van der Waals surface area contributed by atoms with Gasteiger partial charge in [-0.3, -0.25) is 0 Å². The summed E-state index contributed by atoms with van der Waals surface area (Å²) < 4.78 is 5.63. The highest BCUT2D eigenvalue weighted by molar-refractivity contribution is 6.94. The molecule has 0 N–H and O–H groups in total. The van der Waals surface area contributed by atoms with E-state index in [1.54, 1.807) is 0 Å². The average Bonchev–Trinajstić information content (AvgIpc) is 2.27. The van der Waals surface area contributed by atoms with Gasteiger partial charge in [0.25, 0.3) is 0 Å². The zero-order valence-electron chi connectivity index (χ0n) is 8.66. The fourth-order valence-corrected chi connectivity index (χ4v) is 5.68. The van der Waals surface area contributed by atoms with Crippen LogP contribution < -0.4 is 5.19 Å². The first-order chi connectivity index (χ1) is 6.79. The Morgan fingerprint density at radius 1 is 1.43 bits per heavy atom. The molecule has 14 heavy (non-hydrogen) atoms. The Hall–Kier alpha value is -0.896. The molecule has 1 aromatic rings. The van der Waals surface area contributed by atoms with Crippen molar-refractivity contribution in [3.63, 3.8) is 0 Å². The van der Waals surface area contributed by atoms with Crippen LogP contribution in [0.25, 0.3) is 0 Å². The Labute approximate surface area is 89.2 Å². The van der Waals surface area contributed by atoms with E-state index in [9.17, 15) is 5.26 Å². The van der Waals surface area contributed by atoms with Crippen LogP contribution in [0.1, 0.15) is 13.3 Å². The number of nitrogens with zero attached hydrogens (tertiary/aromatic N) is 1. The van der Waals surface area contributed by atoms with Gasteiger partial charge in [0.05, 0.1) is 5.69 Å². The predicted octanol–water partition coefficient (Wildman–Crippen LogP) is 0.609. The van der Waals surface area contributed by atoms with Crippen LogP contribution in [0.3, 0.4) is 0 Å². The molecule has 0 aliphatic carbocycles. The summed E-state index contributed by atoms with van der Waals surface area (Å²) in [5.41, 5.74) is 2.43. The number of hydrogen-bond acceptors (Lipinski definition) is 2. The maximum Gasteiger partial charge on any atom is 0.327 e. The second-order valence-corrected chi connectivity index (χ2v) is 7.85. The van der Waals surface area contributed by atoms with Crippen LogP contribution in [-0.4, -0.2) is 18.8 Å². The van der Waals surface area contributed by atoms with Crippen LogP contribution in [0, 0.1) is 11.0 Å². The summed E-state index contributed by atoms with van der Waals surface area (Å²) in [6.07, 6.45) is 1.01. The van der Waals surface area contributed by atoms with Crippen molar-refractivity contribution >= 4 is 24.0 Å². The minimum Gasteiger partial charge on any atom is -0.451 e. The smallest absolute Gasteiger partial charge is 0.327 e. The van der Waals surface area contributed by atoms with E-state index in [1.165, 1.54) is 0 Å². The van der Waals surface area contributed by atoms with Gasteiger partial charge in [0.1, 0.15) is 10.5 Å². The van der Waals surface area contributed by atoms with Gasteiger partial charge in [-0.1, -0.05) is 43.7 Å². The fraction of sp³-hybridized carbons (Fsp3) is 0.300. The molecular weight excluding hydrogens is 206 g/mol. The SMILES string of the molecule is CCC[Si](C#N)(O[SiH3])c1ccccc1. The predicted molar refractivity (Wildman–Crippen MR) is 63.6 cm³/mol. The van der Waals surface area contributed by atoms with E-state index in [0.717, 1.165) is 17.7 Å². The maximum atomic E-state index is 9.27. The van der Waals surface area contributed by atoms with Crippen molar-refractivity contribution in [3.05, 3.63) is 30.3 Å². The Kier molecular flexibility index (Phi) is 4.07. The molecule has 0 saturated heterocycles. The van der Waals surface area contributed by atoms with Crippen LogP contribution in [0.15, 0.2) is 30.3 Å². The maximum absolute atomic E-state index is 9.27. The molecule has 0 fully saturated rings. The van der Waals surface area contributed by atoms with Crippen LogP contribution >= 0.6 is 0 Å². The molecule has 1 rings (SSSR count). The van der Waals surface area contributed by atoms with E-state index in [4.69, 9.17) is 4.12 Å². The Morgan fingerprint density at radius 2 is 2.07 bits per heavy atom. The second-order valence-electron chi connectivity index (χ2n) is 3.26. The van der Waals surface area contributed by atoms with Crippen molar-refractivity contribution in [3.8, 4) is 5.69 Å². The van der Waals surface area contributed by atoms with Crippen LogP contribution in [0.2, 0.25) is 6.04 Å². The summed E-state index contributed by atoms with van der Waals surface area (Å²) in [6.45, 7) is 2.10. The summed E-state index contributed by atoms with van der Waals surface area (Å²) in [5.74, 6) is 0. The molecule has 0 heterocycles. The zero-order chi connectivity index (χ0) is 10.4. The molecular formula is C10H15NOSi2. The first-order valence-corrected chi connectivity index (χ1v) is 7.74. The third-order valence-corrected chi connectivity index (χ3v) is 7.99. The quantitative estimate of drug-likeness (QED) is 0.698. The molecule has 0 aromatic heterocycles. The van der Waals surface area contributed by atoms with Gasteiger partial charge in [-0.2, -0.15) is 0 Å². The molecule has 0 radical (unpaired) electrons. The Balaban J connectivity index is 3.06. The number of hydrogen-bond donors (Lipinski definition) is 0. The van der Waals surface area contributed by atoms with Crippen molar-refractivity contribution < 1.29 is 4.12 Å². The van der Waals surface area contributed by atoms with Gasteiger partial charge in [-0.15, -0.1) is 0 Å². The molecule has 1 aromatic carbocycles. The minimum atomic E-state index is -2.25. The third-order valence-electron chi connectivity index (χ3n) is 2.37. The monoisotopic (exact) mass is 221 g/mol. The van der Waals surface area contributed by atoms with Gasteiger partial charge in [0.2, 0.25) is 0 Å². The number of nitriles is 1. The van der Waals surface area contributed by atoms with E-state index >= 15 is 0 Å². The standard InChI is InChI=1S/C10H15NOSi2/c1-2-8-14(9-11,12-13)10-6-4-3-5-7-10/h3-7H,2,8H2,1,13H3. The molecule has 1 unspecified atom stereocenters. The molecule has 0 aliphatic rings. The van der Waals surface area contributed by atoms with Gasteiger partial charge in [0.15, 0.2) is 0 Å². The molecule has 0 amide bonds.